The van der Waals surface area contributed by atoms with E-state index in [0.29, 0.717) is 12.0 Å². The quantitative estimate of drug-likeness (QED) is 0.812. The third kappa shape index (κ3) is 1.87. The summed E-state index contributed by atoms with van der Waals surface area (Å²) in [5.74, 6) is -2.21. The standard InChI is InChI=1S/C18H15BrN4O2/c1-3-18-11(2)17(10-22,15(23)25-18)16(8-20,9-21)14(24-18)12-4-6-13(19)7-5-12/h4-7,11,14,23H,3H2,1-2H3/t11-,14-,17+,18+/m1/s1. The SMILES string of the molecule is CC[C@]12OC(=N)[C@](C#N)([C@H]1C)C(C#N)(C#N)[C@@H](c1ccc(Br)cc1)O2. The Balaban J connectivity index is 2.32. The number of hydrogen-bond acceptors (Lipinski definition) is 6. The molecule has 2 fully saturated rings. The molecule has 2 aliphatic heterocycles. The van der Waals surface area contributed by atoms with Gasteiger partial charge in [-0.3, -0.25) is 5.41 Å². The Morgan fingerprint density at radius 1 is 1.16 bits per heavy atom. The Labute approximate surface area is 154 Å². The highest BCUT2D eigenvalue weighted by Crippen LogP contribution is 2.66. The fraction of sp³-hybridized carbons (Fsp3) is 0.444. The number of halogens is 1. The van der Waals surface area contributed by atoms with Crippen molar-refractivity contribution in [1.82, 2.24) is 0 Å². The highest BCUT2D eigenvalue weighted by Gasteiger charge is 2.78. The van der Waals surface area contributed by atoms with E-state index in [1.54, 1.807) is 31.2 Å². The van der Waals surface area contributed by atoms with Crippen LogP contribution in [0.3, 0.4) is 0 Å². The first-order valence-corrected chi connectivity index (χ1v) is 8.61. The van der Waals surface area contributed by atoms with Crippen LogP contribution in [0.25, 0.3) is 0 Å². The topological polar surface area (TPSA) is 114 Å². The van der Waals surface area contributed by atoms with Crippen molar-refractivity contribution in [3.8, 4) is 18.2 Å². The molecule has 2 saturated heterocycles. The minimum atomic E-state index is -1.89. The summed E-state index contributed by atoms with van der Waals surface area (Å²) in [7, 11) is 0. The number of rotatable bonds is 2. The van der Waals surface area contributed by atoms with Crippen LogP contribution in [0.2, 0.25) is 0 Å². The molecule has 0 unspecified atom stereocenters. The summed E-state index contributed by atoms with van der Waals surface area (Å²) >= 11 is 3.35. The van der Waals surface area contributed by atoms with E-state index in [9.17, 15) is 15.8 Å². The normalized spacial score (nSPS) is 35.1. The number of nitrogens with one attached hydrogen (secondary N) is 1. The predicted octanol–water partition coefficient (Wildman–Crippen LogP) is 3.81. The lowest BCUT2D eigenvalue weighted by Gasteiger charge is -2.48. The van der Waals surface area contributed by atoms with Gasteiger partial charge in [-0.2, -0.15) is 15.8 Å². The maximum atomic E-state index is 9.99. The molecule has 0 saturated carbocycles. The van der Waals surface area contributed by atoms with Gasteiger partial charge in [0.1, 0.15) is 6.10 Å². The van der Waals surface area contributed by atoms with Gasteiger partial charge in [-0.05, 0) is 17.7 Å². The van der Waals surface area contributed by atoms with Gasteiger partial charge in [0.05, 0.1) is 24.1 Å². The summed E-state index contributed by atoms with van der Waals surface area (Å²) in [6, 6.07) is 13.2. The molecule has 3 rings (SSSR count). The van der Waals surface area contributed by atoms with Crippen molar-refractivity contribution in [3.05, 3.63) is 34.3 Å². The molecule has 0 spiro atoms. The van der Waals surface area contributed by atoms with Crippen molar-refractivity contribution in [3.63, 3.8) is 0 Å². The van der Waals surface area contributed by atoms with Crippen LogP contribution in [0.5, 0.6) is 0 Å². The lowest BCUT2D eigenvalue weighted by Crippen LogP contribution is -2.58. The van der Waals surface area contributed by atoms with Crippen LogP contribution in [0.15, 0.2) is 28.7 Å². The number of nitrogens with zero attached hydrogens (tertiary/aromatic N) is 3. The molecule has 0 radical (unpaired) electrons. The van der Waals surface area contributed by atoms with Gasteiger partial charge < -0.3 is 9.47 Å². The fourth-order valence-corrected chi connectivity index (χ4v) is 4.25. The first kappa shape index (κ1) is 17.4. The molecule has 1 aromatic rings. The molecule has 25 heavy (non-hydrogen) atoms. The Kier molecular flexibility index (Phi) is 3.88. The number of fused-ring (bicyclic) bond motifs is 2. The molecular weight excluding hydrogens is 384 g/mol. The molecule has 0 amide bonds. The highest BCUT2D eigenvalue weighted by atomic mass is 79.9. The Bertz CT molecular complexity index is 849. The first-order chi connectivity index (χ1) is 11.9. The van der Waals surface area contributed by atoms with Crippen LogP contribution in [-0.4, -0.2) is 11.7 Å². The average molecular weight is 399 g/mol. The second-order valence-corrected chi connectivity index (χ2v) is 7.23. The minimum absolute atomic E-state index is 0.368. The molecule has 1 N–H and O–H groups in total. The van der Waals surface area contributed by atoms with E-state index in [-0.39, 0.29) is 5.90 Å². The van der Waals surface area contributed by atoms with Gasteiger partial charge in [-0.1, -0.05) is 41.9 Å². The van der Waals surface area contributed by atoms with Crippen LogP contribution >= 0.6 is 15.9 Å². The van der Waals surface area contributed by atoms with Crippen LogP contribution < -0.4 is 0 Å². The monoisotopic (exact) mass is 398 g/mol. The number of nitriles is 3. The van der Waals surface area contributed by atoms with Crippen molar-refractivity contribution in [2.45, 2.75) is 32.2 Å². The van der Waals surface area contributed by atoms with Gasteiger partial charge in [0.2, 0.25) is 17.1 Å². The number of benzene rings is 1. The van der Waals surface area contributed by atoms with Gasteiger partial charge in [0, 0.05) is 10.9 Å². The van der Waals surface area contributed by atoms with Crippen molar-refractivity contribution < 1.29 is 9.47 Å². The lowest BCUT2D eigenvalue weighted by atomic mass is 9.53. The summed E-state index contributed by atoms with van der Waals surface area (Å²) in [5, 5.41) is 38.2. The zero-order chi connectivity index (χ0) is 18.5. The summed E-state index contributed by atoms with van der Waals surface area (Å²) in [6.07, 6.45) is -0.616. The van der Waals surface area contributed by atoms with E-state index < -0.39 is 28.6 Å². The molecule has 0 aromatic heterocycles. The molecule has 2 aliphatic rings. The second-order valence-electron chi connectivity index (χ2n) is 6.32. The highest BCUT2D eigenvalue weighted by molar-refractivity contribution is 9.10. The van der Waals surface area contributed by atoms with E-state index in [4.69, 9.17) is 14.9 Å². The largest absolute Gasteiger partial charge is 0.447 e. The van der Waals surface area contributed by atoms with Gasteiger partial charge >= 0.3 is 0 Å². The van der Waals surface area contributed by atoms with Crippen LogP contribution in [0.4, 0.5) is 0 Å². The molecule has 0 aliphatic carbocycles. The Hall–Kier alpha value is -2.40. The summed E-state index contributed by atoms with van der Waals surface area (Å²) in [5.41, 5.74) is -2.99. The predicted molar refractivity (Wildman–Crippen MR) is 90.7 cm³/mol. The Morgan fingerprint density at radius 3 is 2.24 bits per heavy atom. The summed E-state index contributed by atoms with van der Waals surface area (Å²) < 4.78 is 12.7. The third-order valence-corrected chi connectivity index (χ3v) is 6.00. The van der Waals surface area contributed by atoms with E-state index >= 15 is 0 Å². The molecule has 2 heterocycles. The van der Waals surface area contributed by atoms with E-state index in [0.717, 1.165) is 4.47 Å². The smallest absolute Gasteiger partial charge is 0.217 e. The van der Waals surface area contributed by atoms with E-state index in [1.165, 1.54) is 0 Å². The zero-order valence-corrected chi connectivity index (χ0v) is 15.3. The average Bonchev–Trinajstić information content (AvgIpc) is 2.79. The maximum absolute atomic E-state index is 9.99. The van der Waals surface area contributed by atoms with E-state index in [2.05, 4.69) is 22.0 Å². The van der Waals surface area contributed by atoms with Crippen molar-refractivity contribution in [2.75, 3.05) is 0 Å². The van der Waals surface area contributed by atoms with Crippen molar-refractivity contribution >= 4 is 21.8 Å². The van der Waals surface area contributed by atoms with Crippen LogP contribution in [0.1, 0.15) is 31.9 Å². The molecule has 1 aromatic carbocycles. The van der Waals surface area contributed by atoms with Gasteiger partial charge in [0.25, 0.3) is 0 Å². The summed E-state index contributed by atoms with van der Waals surface area (Å²) in [4.78, 5) is 0. The molecule has 7 heteroatoms. The van der Waals surface area contributed by atoms with E-state index in [1.807, 2.05) is 19.1 Å². The first-order valence-electron chi connectivity index (χ1n) is 7.82. The maximum Gasteiger partial charge on any atom is 0.217 e. The fourth-order valence-electron chi connectivity index (χ4n) is 3.98. The van der Waals surface area contributed by atoms with Gasteiger partial charge in [-0.25, -0.2) is 0 Å². The van der Waals surface area contributed by atoms with Crippen molar-refractivity contribution in [2.24, 2.45) is 16.7 Å². The minimum Gasteiger partial charge on any atom is -0.447 e. The molecular formula is C18H15BrN4O2. The number of ether oxygens (including phenoxy) is 2. The van der Waals surface area contributed by atoms with Gasteiger partial charge in [-0.15, -0.1) is 0 Å². The molecule has 4 atom stereocenters. The lowest BCUT2D eigenvalue weighted by molar-refractivity contribution is -0.280. The Morgan fingerprint density at radius 2 is 1.76 bits per heavy atom. The second kappa shape index (κ2) is 5.56. The molecule has 126 valence electrons. The van der Waals surface area contributed by atoms with Crippen LogP contribution in [0, 0.1) is 56.2 Å². The van der Waals surface area contributed by atoms with Crippen molar-refractivity contribution in [1.29, 1.82) is 21.2 Å². The van der Waals surface area contributed by atoms with Gasteiger partial charge in [0.15, 0.2) is 5.41 Å². The summed E-state index contributed by atoms with van der Waals surface area (Å²) in [6.45, 7) is 3.54. The van der Waals surface area contributed by atoms with Crippen LogP contribution in [-0.2, 0) is 9.47 Å². The third-order valence-electron chi connectivity index (χ3n) is 5.47. The molecule has 2 bridgehead atoms. The zero-order valence-electron chi connectivity index (χ0n) is 13.7. The molecule has 6 nitrogen and oxygen atoms in total. The number of hydrogen-bond donors (Lipinski definition) is 1.